The third-order valence-electron chi connectivity index (χ3n) is 2.88. The molecule has 0 saturated carbocycles. The second kappa shape index (κ2) is 8.47. The van der Waals surface area contributed by atoms with Gasteiger partial charge in [-0.3, -0.25) is 4.79 Å². The molecule has 0 bridgehead atoms. The maximum atomic E-state index is 12.0. The number of nitrogen functional groups attached to an aromatic ring is 1. The largest absolute Gasteiger partial charge is 0.396 e. The van der Waals surface area contributed by atoms with Crippen LogP contribution >= 0.6 is 0 Å². The molecular weight excluding hydrogens is 256 g/mol. The van der Waals surface area contributed by atoms with Crippen molar-refractivity contribution in [2.45, 2.75) is 39.0 Å². The molecule has 112 valence electrons. The van der Waals surface area contributed by atoms with Crippen molar-refractivity contribution in [1.29, 1.82) is 0 Å². The van der Waals surface area contributed by atoms with Crippen LogP contribution in [-0.4, -0.2) is 36.1 Å². The summed E-state index contributed by atoms with van der Waals surface area (Å²) in [7, 11) is 1.69. The van der Waals surface area contributed by atoms with Crippen LogP contribution in [0.25, 0.3) is 0 Å². The molecule has 0 aromatic carbocycles. The van der Waals surface area contributed by atoms with Crippen LogP contribution in [0.5, 0.6) is 0 Å². The van der Waals surface area contributed by atoms with Gasteiger partial charge in [-0.15, -0.1) is 0 Å². The lowest BCUT2D eigenvalue weighted by atomic mass is 10.2. The first-order valence-electron chi connectivity index (χ1n) is 6.95. The summed E-state index contributed by atoms with van der Waals surface area (Å²) in [5.74, 6) is 0.555. The van der Waals surface area contributed by atoms with Gasteiger partial charge in [-0.05, 0) is 19.3 Å². The van der Waals surface area contributed by atoms with E-state index in [1.54, 1.807) is 7.11 Å². The van der Waals surface area contributed by atoms with E-state index in [2.05, 4.69) is 15.3 Å². The zero-order valence-electron chi connectivity index (χ0n) is 12.5. The van der Waals surface area contributed by atoms with Gasteiger partial charge in [0.15, 0.2) is 5.69 Å². The van der Waals surface area contributed by atoms with E-state index in [1.165, 1.54) is 6.20 Å². The Balaban J connectivity index is 2.48. The van der Waals surface area contributed by atoms with Crippen LogP contribution in [0.1, 0.15) is 55.3 Å². The van der Waals surface area contributed by atoms with Gasteiger partial charge in [-0.25, -0.2) is 9.97 Å². The van der Waals surface area contributed by atoms with Gasteiger partial charge in [-0.2, -0.15) is 0 Å². The van der Waals surface area contributed by atoms with Crippen LogP contribution in [0.15, 0.2) is 6.20 Å². The number of rotatable bonds is 8. The number of amides is 1. The van der Waals surface area contributed by atoms with Gasteiger partial charge in [0.1, 0.15) is 5.82 Å². The molecule has 0 radical (unpaired) electrons. The number of carbonyl (C=O) groups is 1. The molecule has 6 nitrogen and oxygen atoms in total. The topological polar surface area (TPSA) is 90.1 Å². The minimum absolute atomic E-state index is 0.163. The molecule has 1 aromatic rings. The highest BCUT2D eigenvalue weighted by molar-refractivity contribution is 5.96. The van der Waals surface area contributed by atoms with E-state index in [9.17, 15) is 4.79 Å². The number of anilines is 1. The van der Waals surface area contributed by atoms with E-state index in [-0.39, 0.29) is 17.5 Å². The molecular formula is C14H24N4O2. The quantitative estimate of drug-likeness (QED) is 0.708. The maximum Gasteiger partial charge on any atom is 0.272 e. The molecule has 3 N–H and O–H groups in total. The fourth-order valence-corrected chi connectivity index (χ4v) is 1.70. The molecule has 0 fully saturated rings. The highest BCUT2D eigenvalue weighted by atomic mass is 16.5. The van der Waals surface area contributed by atoms with E-state index in [1.807, 2.05) is 13.8 Å². The summed E-state index contributed by atoms with van der Waals surface area (Å²) in [6, 6.07) is 0. The van der Waals surface area contributed by atoms with Crippen LogP contribution in [0.4, 0.5) is 5.69 Å². The minimum Gasteiger partial charge on any atom is -0.396 e. The summed E-state index contributed by atoms with van der Waals surface area (Å²) < 4.78 is 4.97. The molecule has 1 rings (SSSR count). The Kier molecular flexibility index (Phi) is 6.93. The van der Waals surface area contributed by atoms with Gasteiger partial charge in [0.05, 0.1) is 11.9 Å². The smallest absolute Gasteiger partial charge is 0.272 e. The van der Waals surface area contributed by atoms with Crippen LogP contribution in [0.2, 0.25) is 0 Å². The first-order valence-corrected chi connectivity index (χ1v) is 6.95. The van der Waals surface area contributed by atoms with E-state index in [0.717, 1.165) is 25.9 Å². The van der Waals surface area contributed by atoms with Gasteiger partial charge in [-0.1, -0.05) is 13.8 Å². The normalized spacial score (nSPS) is 10.8. The average Bonchev–Trinajstić information content (AvgIpc) is 2.42. The molecule has 6 heteroatoms. The van der Waals surface area contributed by atoms with Crippen molar-refractivity contribution in [3.05, 3.63) is 17.7 Å². The van der Waals surface area contributed by atoms with E-state index >= 15 is 0 Å². The molecule has 0 aliphatic heterocycles. The number of carbonyl (C=O) groups excluding carboxylic acids is 1. The number of hydrogen-bond donors (Lipinski definition) is 2. The Hall–Kier alpha value is -1.69. The summed E-state index contributed by atoms with van der Waals surface area (Å²) in [6.45, 7) is 5.32. The van der Waals surface area contributed by atoms with Crippen molar-refractivity contribution in [3.8, 4) is 0 Å². The summed E-state index contributed by atoms with van der Waals surface area (Å²) in [4.78, 5) is 20.4. The molecule has 0 saturated heterocycles. The predicted octanol–water partition coefficient (Wildman–Crippen LogP) is 1.73. The Bertz CT molecular complexity index is 435. The lowest BCUT2D eigenvalue weighted by Crippen LogP contribution is -2.27. The van der Waals surface area contributed by atoms with Crippen molar-refractivity contribution in [1.82, 2.24) is 15.3 Å². The van der Waals surface area contributed by atoms with Crippen molar-refractivity contribution < 1.29 is 9.53 Å². The monoisotopic (exact) mass is 280 g/mol. The molecule has 0 aliphatic carbocycles. The SMILES string of the molecule is COCCCCCNC(=O)c1nc(C(C)C)ncc1N. The van der Waals surface area contributed by atoms with E-state index in [4.69, 9.17) is 10.5 Å². The second-order valence-corrected chi connectivity index (χ2v) is 5.00. The molecule has 1 amide bonds. The Morgan fingerprint density at radius 2 is 2.15 bits per heavy atom. The standard InChI is InChI=1S/C14H24N4O2/c1-10(2)13-17-9-11(15)12(18-13)14(19)16-7-5-4-6-8-20-3/h9-10H,4-8,15H2,1-3H3,(H,16,19). The maximum absolute atomic E-state index is 12.0. The number of aromatic nitrogens is 2. The van der Waals surface area contributed by atoms with Crippen LogP contribution in [0, 0.1) is 0 Å². The summed E-state index contributed by atoms with van der Waals surface area (Å²) in [6.07, 6.45) is 4.43. The fraction of sp³-hybridized carbons (Fsp3) is 0.643. The highest BCUT2D eigenvalue weighted by Crippen LogP contribution is 2.13. The average molecular weight is 280 g/mol. The van der Waals surface area contributed by atoms with Gasteiger partial charge >= 0.3 is 0 Å². The summed E-state index contributed by atoms with van der Waals surface area (Å²) >= 11 is 0. The number of hydrogen-bond acceptors (Lipinski definition) is 5. The van der Waals surface area contributed by atoms with Gasteiger partial charge in [0.2, 0.25) is 0 Å². The Labute approximate surface area is 120 Å². The highest BCUT2D eigenvalue weighted by Gasteiger charge is 2.14. The number of nitrogens with two attached hydrogens (primary N) is 1. The van der Waals surface area contributed by atoms with E-state index in [0.29, 0.717) is 18.1 Å². The lowest BCUT2D eigenvalue weighted by Gasteiger charge is -2.09. The van der Waals surface area contributed by atoms with Gasteiger partial charge < -0.3 is 15.8 Å². The third-order valence-corrected chi connectivity index (χ3v) is 2.88. The van der Waals surface area contributed by atoms with Crippen molar-refractivity contribution in [2.24, 2.45) is 0 Å². The lowest BCUT2D eigenvalue weighted by molar-refractivity contribution is 0.0948. The molecule has 0 atom stereocenters. The summed E-state index contributed by atoms with van der Waals surface area (Å²) in [5.41, 5.74) is 6.33. The molecule has 0 spiro atoms. The van der Waals surface area contributed by atoms with Gasteiger partial charge in [0.25, 0.3) is 5.91 Å². The third kappa shape index (κ3) is 5.13. The second-order valence-electron chi connectivity index (χ2n) is 5.00. The Morgan fingerprint density at radius 3 is 2.80 bits per heavy atom. The number of nitrogens with one attached hydrogen (secondary N) is 1. The summed E-state index contributed by atoms with van der Waals surface area (Å²) in [5, 5.41) is 2.83. The molecule has 0 aliphatic rings. The minimum atomic E-state index is -0.237. The van der Waals surface area contributed by atoms with Crippen molar-refractivity contribution in [3.63, 3.8) is 0 Å². The van der Waals surface area contributed by atoms with Crippen molar-refractivity contribution >= 4 is 11.6 Å². The van der Waals surface area contributed by atoms with Crippen LogP contribution in [-0.2, 0) is 4.74 Å². The van der Waals surface area contributed by atoms with Gasteiger partial charge in [0, 0.05) is 26.2 Å². The zero-order chi connectivity index (χ0) is 15.0. The number of unbranched alkanes of at least 4 members (excludes halogenated alkanes) is 2. The van der Waals surface area contributed by atoms with Crippen LogP contribution < -0.4 is 11.1 Å². The molecule has 1 heterocycles. The first-order chi connectivity index (χ1) is 9.56. The van der Waals surface area contributed by atoms with Crippen LogP contribution in [0.3, 0.4) is 0 Å². The molecule has 20 heavy (non-hydrogen) atoms. The van der Waals surface area contributed by atoms with E-state index < -0.39 is 0 Å². The number of nitrogens with zero attached hydrogens (tertiary/aromatic N) is 2. The molecule has 0 unspecified atom stereocenters. The first kappa shape index (κ1) is 16.4. The molecule has 1 aromatic heterocycles. The Morgan fingerprint density at radius 1 is 1.40 bits per heavy atom. The predicted molar refractivity (Wildman–Crippen MR) is 78.6 cm³/mol. The number of methoxy groups -OCH3 is 1. The number of ether oxygens (including phenoxy) is 1. The zero-order valence-corrected chi connectivity index (χ0v) is 12.5. The fourth-order valence-electron chi connectivity index (χ4n) is 1.70. The van der Waals surface area contributed by atoms with Crippen molar-refractivity contribution in [2.75, 3.05) is 26.0 Å².